The second kappa shape index (κ2) is 9.75. The van der Waals surface area contributed by atoms with Crippen molar-refractivity contribution in [3.63, 3.8) is 0 Å². The molecule has 0 radical (unpaired) electrons. The molecule has 0 spiro atoms. The van der Waals surface area contributed by atoms with Crippen molar-refractivity contribution in [1.29, 1.82) is 0 Å². The fraction of sp³-hybridized carbons (Fsp3) is 1.00. The Labute approximate surface area is 126 Å². The van der Waals surface area contributed by atoms with E-state index < -0.39 is 0 Å². The van der Waals surface area contributed by atoms with Gasteiger partial charge in [-0.15, -0.1) is 0 Å². The van der Waals surface area contributed by atoms with Gasteiger partial charge >= 0.3 is 0 Å². The van der Waals surface area contributed by atoms with Crippen molar-refractivity contribution in [2.24, 2.45) is 5.41 Å². The molecule has 1 N–H and O–H groups in total. The van der Waals surface area contributed by atoms with Crippen LogP contribution in [0.2, 0.25) is 0 Å². The van der Waals surface area contributed by atoms with Crippen molar-refractivity contribution in [3.05, 3.63) is 0 Å². The summed E-state index contributed by atoms with van der Waals surface area (Å²) in [5.41, 5.74) is 0.153. The van der Waals surface area contributed by atoms with Gasteiger partial charge in [0.05, 0.1) is 0 Å². The Morgan fingerprint density at radius 2 is 1.50 bits per heavy atom. The molecule has 0 saturated carbocycles. The number of aliphatic hydroxyl groups excluding tert-OH is 1. The van der Waals surface area contributed by atoms with Gasteiger partial charge in [-0.05, 0) is 37.8 Å². The van der Waals surface area contributed by atoms with Gasteiger partial charge in [0.25, 0.3) is 0 Å². The summed E-state index contributed by atoms with van der Waals surface area (Å²) in [5.74, 6) is 0. The summed E-state index contributed by atoms with van der Waals surface area (Å²) < 4.78 is 0. The van der Waals surface area contributed by atoms with Crippen LogP contribution in [0.5, 0.6) is 0 Å². The third-order valence-electron chi connectivity index (χ3n) is 4.93. The highest BCUT2D eigenvalue weighted by Gasteiger charge is 2.23. The first-order chi connectivity index (χ1) is 9.63. The van der Waals surface area contributed by atoms with Crippen molar-refractivity contribution >= 4 is 0 Å². The molecule has 120 valence electrons. The second-order valence-corrected chi connectivity index (χ2v) is 6.81. The van der Waals surface area contributed by atoms with Crippen LogP contribution in [-0.2, 0) is 0 Å². The number of piperazine rings is 1. The average molecular weight is 284 g/mol. The van der Waals surface area contributed by atoms with Crippen molar-refractivity contribution < 1.29 is 5.11 Å². The van der Waals surface area contributed by atoms with E-state index in [0.717, 1.165) is 0 Å². The van der Waals surface area contributed by atoms with Crippen LogP contribution in [0.4, 0.5) is 0 Å². The summed E-state index contributed by atoms with van der Waals surface area (Å²) in [7, 11) is 0. The van der Waals surface area contributed by atoms with Gasteiger partial charge in [0.2, 0.25) is 0 Å². The lowest BCUT2D eigenvalue weighted by molar-refractivity contribution is 0.101. The molecule has 1 rings (SSSR count). The Hall–Kier alpha value is -0.120. The van der Waals surface area contributed by atoms with Crippen molar-refractivity contribution in [1.82, 2.24) is 9.80 Å². The molecular weight excluding hydrogens is 248 g/mol. The normalized spacial score (nSPS) is 21.0. The molecule has 1 unspecified atom stereocenters. The minimum atomic E-state index is 0.153. The Kier molecular flexibility index (Phi) is 8.74. The van der Waals surface area contributed by atoms with Gasteiger partial charge in [0, 0.05) is 32.8 Å². The number of hydrogen-bond donors (Lipinski definition) is 1. The number of rotatable bonds is 10. The smallest absolute Gasteiger partial charge is 0.0484 e. The van der Waals surface area contributed by atoms with Gasteiger partial charge < -0.3 is 14.9 Å². The molecule has 3 heteroatoms. The Morgan fingerprint density at radius 1 is 0.900 bits per heavy atom. The van der Waals surface area contributed by atoms with Crippen LogP contribution >= 0.6 is 0 Å². The second-order valence-electron chi connectivity index (χ2n) is 6.81. The van der Waals surface area contributed by atoms with Crippen LogP contribution in [0.3, 0.4) is 0 Å². The summed E-state index contributed by atoms with van der Waals surface area (Å²) in [4.78, 5) is 5.12. The molecule has 1 aliphatic heterocycles. The fourth-order valence-electron chi connectivity index (χ4n) is 3.14. The summed E-state index contributed by atoms with van der Waals surface area (Å²) in [5, 5.41) is 9.67. The van der Waals surface area contributed by atoms with E-state index in [4.69, 9.17) is 0 Å². The van der Waals surface area contributed by atoms with E-state index in [0.29, 0.717) is 6.61 Å². The lowest BCUT2D eigenvalue weighted by Gasteiger charge is -2.35. The molecule has 3 nitrogen and oxygen atoms in total. The van der Waals surface area contributed by atoms with Crippen LogP contribution < -0.4 is 0 Å². The number of unbranched alkanes of at least 4 members (excludes halogenated alkanes) is 2. The van der Waals surface area contributed by atoms with Crippen LogP contribution in [0.25, 0.3) is 0 Å². The highest BCUT2D eigenvalue weighted by Crippen LogP contribution is 2.29. The van der Waals surface area contributed by atoms with Crippen LogP contribution in [-0.4, -0.2) is 60.8 Å². The minimum absolute atomic E-state index is 0.153. The zero-order valence-corrected chi connectivity index (χ0v) is 14.0. The molecule has 0 amide bonds. The largest absolute Gasteiger partial charge is 0.396 e. The van der Waals surface area contributed by atoms with Gasteiger partial charge in [0.15, 0.2) is 0 Å². The Balaban J connectivity index is 2.17. The number of likely N-dealkylation sites (N-methyl/N-ethyl adjacent to an activating group) is 1. The minimum Gasteiger partial charge on any atom is -0.396 e. The molecule has 0 aliphatic carbocycles. The Bertz CT molecular complexity index is 239. The molecule has 1 heterocycles. The number of aliphatic hydroxyl groups is 1. The van der Waals surface area contributed by atoms with Gasteiger partial charge in [-0.1, -0.05) is 40.0 Å². The first-order valence-corrected chi connectivity index (χ1v) is 8.69. The fourth-order valence-corrected chi connectivity index (χ4v) is 3.14. The molecular formula is C17H36N2O. The average Bonchev–Trinajstić information content (AvgIpc) is 2.48. The SMILES string of the molecule is CCCCCC(C)(CO)CCCN1CCN(CC)CC1. The third-order valence-corrected chi connectivity index (χ3v) is 4.93. The van der Waals surface area contributed by atoms with E-state index in [1.165, 1.54) is 77.8 Å². The first-order valence-electron chi connectivity index (χ1n) is 8.69. The zero-order valence-electron chi connectivity index (χ0n) is 14.0. The molecule has 0 aromatic heterocycles. The van der Waals surface area contributed by atoms with Crippen LogP contribution in [0, 0.1) is 5.41 Å². The molecule has 1 fully saturated rings. The van der Waals surface area contributed by atoms with E-state index >= 15 is 0 Å². The van der Waals surface area contributed by atoms with Gasteiger partial charge in [-0.25, -0.2) is 0 Å². The maximum atomic E-state index is 9.67. The number of nitrogens with zero attached hydrogens (tertiary/aromatic N) is 2. The maximum Gasteiger partial charge on any atom is 0.0484 e. The van der Waals surface area contributed by atoms with Gasteiger partial charge in [-0.2, -0.15) is 0 Å². The van der Waals surface area contributed by atoms with E-state index in [2.05, 4.69) is 30.6 Å². The highest BCUT2D eigenvalue weighted by atomic mass is 16.3. The van der Waals surface area contributed by atoms with Crippen LogP contribution in [0.15, 0.2) is 0 Å². The molecule has 0 aromatic rings. The van der Waals surface area contributed by atoms with Gasteiger partial charge in [-0.3, -0.25) is 0 Å². The first kappa shape index (κ1) is 17.9. The zero-order chi connectivity index (χ0) is 14.8. The highest BCUT2D eigenvalue weighted by molar-refractivity contribution is 4.76. The van der Waals surface area contributed by atoms with E-state index in [1.54, 1.807) is 0 Å². The van der Waals surface area contributed by atoms with Gasteiger partial charge in [0.1, 0.15) is 0 Å². The van der Waals surface area contributed by atoms with Crippen LogP contribution in [0.1, 0.15) is 59.3 Å². The molecule has 1 atom stereocenters. The quantitative estimate of drug-likeness (QED) is 0.625. The van der Waals surface area contributed by atoms with Crippen molar-refractivity contribution in [2.75, 3.05) is 45.9 Å². The molecule has 1 aliphatic rings. The molecule has 1 saturated heterocycles. The Morgan fingerprint density at radius 3 is 2.05 bits per heavy atom. The lowest BCUT2D eigenvalue weighted by atomic mass is 9.81. The molecule has 20 heavy (non-hydrogen) atoms. The monoisotopic (exact) mass is 284 g/mol. The van der Waals surface area contributed by atoms with E-state index in [1.807, 2.05) is 0 Å². The maximum absolute atomic E-state index is 9.67. The van der Waals surface area contributed by atoms with E-state index in [-0.39, 0.29) is 5.41 Å². The number of hydrogen-bond acceptors (Lipinski definition) is 3. The predicted molar refractivity (Wildman–Crippen MR) is 87.1 cm³/mol. The predicted octanol–water partition coefficient (Wildman–Crippen LogP) is 2.98. The molecule has 0 aromatic carbocycles. The summed E-state index contributed by atoms with van der Waals surface area (Å²) in [6, 6.07) is 0. The standard InChI is InChI=1S/C17H36N2O/c1-4-6-7-9-17(3,16-20)10-8-11-19-14-12-18(5-2)13-15-19/h20H,4-16H2,1-3H3. The topological polar surface area (TPSA) is 26.7 Å². The van der Waals surface area contributed by atoms with E-state index in [9.17, 15) is 5.11 Å². The lowest BCUT2D eigenvalue weighted by Crippen LogP contribution is -2.46. The van der Waals surface area contributed by atoms with Crippen molar-refractivity contribution in [2.45, 2.75) is 59.3 Å². The van der Waals surface area contributed by atoms with Crippen molar-refractivity contribution in [3.8, 4) is 0 Å². The third kappa shape index (κ3) is 6.55. The summed E-state index contributed by atoms with van der Waals surface area (Å²) in [6.07, 6.45) is 7.41. The molecule has 0 bridgehead atoms. The summed E-state index contributed by atoms with van der Waals surface area (Å²) in [6.45, 7) is 14.4. The summed E-state index contributed by atoms with van der Waals surface area (Å²) >= 11 is 0.